The number of allylic oxidation sites excluding steroid dienone is 4. The van der Waals surface area contributed by atoms with E-state index in [4.69, 9.17) is 6.58 Å². The molecule has 0 saturated heterocycles. The standard InChI is InChI=1S/C29H46/c1-19(2)20(3)11-10-13-23-14-15-25-26-21(4)17-24-12-8-9-16-28(24,6)27(26)22(5)18-29(23,25)7/h19,21,23-25H,3,5,8-18H2,1-2,4,6-7H3. The first-order valence-electron chi connectivity index (χ1n) is 12.8. The van der Waals surface area contributed by atoms with E-state index < -0.39 is 0 Å². The van der Waals surface area contributed by atoms with Crippen molar-refractivity contribution in [3.63, 3.8) is 0 Å². The van der Waals surface area contributed by atoms with Crippen LogP contribution < -0.4 is 0 Å². The van der Waals surface area contributed by atoms with Crippen LogP contribution in [0.5, 0.6) is 0 Å². The van der Waals surface area contributed by atoms with Crippen LogP contribution in [0.3, 0.4) is 0 Å². The van der Waals surface area contributed by atoms with Crippen molar-refractivity contribution < 1.29 is 0 Å². The molecule has 0 bridgehead atoms. The molecule has 0 heteroatoms. The monoisotopic (exact) mass is 394 g/mol. The third kappa shape index (κ3) is 3.41. The van der Waals surface area contributed by atoms with Crippen molar-refractivity contribution in [3.8, 4) is 0 Å². The fraction of sp³-hybridized carbons (Fsp3) is 0.793. The zero-order valence-electron chi connectivity index (χ0n) is 20.1. The van der Waals surface area contributed by atoms with Crippen LogP contribution in [0.4, 0.5) is 0 Å². The van der Waals surface area contributed by atoms with Gasteiger partial charge in [-0.2, -0.15) is 0 Å². The molecule has 2 saturated carbocycles. The van der Waals surface area contributed by atoms with Gasteiger partial charge in [-0.05, 0) is 104 Å². The van der Waals surface area contributed by atoms with Crippen molar-refractivity contribution in [1.29, 1.82) is 0 Å². The Kier molecular flexibility index (Phi) is 5.71. The maximum atomic E-state index is 4.77. The molecule has 0 aliphatic heterocycles. The van der Waals surface area contributed by atoms with Gasteiger partial charge in [-0.15, -0.1) is 0 Å². The summed E-state index contributed by atoms with van der Waals surface area (Å²) in [6.07, 6.45) is 15.3. The highest BCUT2D eigenvalue weighted by atomic mass is 14.6. The van der Waals surface area contributed by atoms with Gasteiger partial charge in [0.1, 0.15) is 0 Å². The average molecular weight is 395 g/mol. The van der Waals surface area contributed by atoms with Crippen molar-refractivity contribution in [2.75, 3.05) is 0 Å². The number of hydrogen-bond donors (Lipinski definition) is 0. The molecule has 6 unspecified atom stereocenters. The first-order chi connectivity index (χ1) is 13.7. The minimum Gasteiger partial charge on any atom is -0.0996 e. The van der Waals surface area contributed by atoms with E-state index in [0.717, 1.165) is 23.7 Å². The van der Waals surface area contributed by atoms with E-state index >= 15 is 0 Å². The van der Waals surface area contributed by atoms with Gasteiger partial charge in [0.2, 0.25) is 0 Å². The quantitative estimate of drug-likeness (QED) is 0.408. The molecular formula is C29H46. The summed E-state index contributed by atoms with van der Waals surface area (Å²) < 4.78 is 0. The molecule has 4 aliphatic carbocycles. The van der Waals surface area contributed by atoms with Crippen LogP contribution in [0.1, 0.15) is 105 Å². The van der Waals surface area contributed by atoms with Crippen LogP contribution in [0.15, 0.2) is 35.5 Å². The molecule has 0 nitrogen and oxygen atoms in total. The lowest BCUT2D eigenvalue weighted by Gasteiger charge is -2.56. The largest absolute Gasteiger partial charge is 0.0996 e. The predicted molar refractivity (Wildman–Crippen MR) is 127 cm³/mol. The maximum Gasteiger partial charge on any atom is -0.00445 e. The third-order valence-corrected chi connectivity index (χ3v) is 10.2. The highest BCUT2D eigenvalue weighted by Crippen LogP contribution is 2.67. The zero-order valence-corrected chi connectivity index (χ0v) is 20.1. The summed E-state index contributed by atoms with van der Waals surface area (Å²) in [4.78, 5) is 0. The van der Waals surface area contributed by atoms with Crippen LogP contribution in [0.25, 0.3) is 0 Å². The summed E-state index contributed by atoms with van der Waals surface area (Å²) in [5.41, 5.74) is 7.56. The van der Waals surface area contributed by atoms with Crippen LogP contribution >= 0.6 is 0 Å². The molecule has 4 aliphatic rings. The summed E-state index contributed by atoms with van der Waals surface area (Å²) in [7, 11) is 0. The number of fused-ring (bicyclic) bond motifs is 4. The Morgan fingerprint density at radius 2 is 1.90 bits per heavy atom. The van der Waals surface area contributed by atoms with E-state index in [2.05, 4.69) is 41.2 Å². The molecule has 0 N–H and O–H groups in total. The van der Waals surface area contributed by atoms with Gasteiger partial charge in [0.15, 0.2) is 0 Å². The van der Waals surface area contributed by atoms with Gasteiger partial charge < -0.3 is 0 Å². The van der Waals surface area contributed by atoms with Crippen LogP contribution in [0, 0.1) is 40.4 Å². The van der Waals surface area contributed by atoms with E-state index in [0.29, 0.717) is 16.7 Å². The minimum atomic E-state index is 0.436. The van der Waals surface area contributed by atoms with Gasteiger partial charge in [-0.1, -0.05) is 77.3 Å². The van der Waals surface area contributed by atoms with Gasteiger partial charge in [0.25, 0.3) is 0 Å². The number of rotatable bonds is 5. The van der Waals surface area contributed by atoms with Crippen molar-refractivity contribution in [3.05, 3.63) is 35.5 Å². The molecule has 0 amide bonds. The summed E-state index contributed by atoms with van der Waals surface area (Å²) >= 11 is 0. The average Bonchev–Trinajstić information content (AvgIpc) is 2.97. The molecule has 0 aromatic heterocycles. The van der Waals surface area contributed by atoms with Gasteiger partial charge in [-0.25, -0.2) is 0 Å². The van der Waals surface area contributed by atoms with Crippen molar-refractivity contribution >= 4 is 0 Å². The lowest BCUT2D eigenvalue weighted by Crippen LogP contribution is -2.46. The molecule has 162 valence electrons. The van der Waals surface area contributed by atoms with Crippen LogP contribution in [-0.2, 0) is 0 Å². The molecule has 0 aromatic carbocycles. The highest BCUT2D eigenvalue weighted by Gasteiger charge is 2.56. The summed E-state index contributed by atoms with van der Waals surface area (Å²) in [6.45, 7) is 21.5. The van der Waals surface area contributed by atoms with Gasteiger partial charge in [0.05, 0.1) is 0 Å². The van der Waals surface area contributed by atoms with Crippen LogP contribution in [0.2, 0.25) is 0 Å². The summed E-state index contributed by atoms with van der Waals surface area (Å²) in [5.74, 6) is 4.03. The fourth-order valence-corrected chi connectivity index (χ4v) is 8.34. The van der Waals surface area contributed by atoms with E-state index in [9.17, 15) is 0 Å². The molecule has 0 aromatic rings. The summed E-state index contributed by atoms with van der Waals surface area (Å²) in [5, 5.41) is 0. The Hall–Kier alpha value is -0.780. The fourth-order valence-electron chi connectivity index (χ4n) is 8.34. The topological polar surface area (TPSA) is 0 Å². The second-order valence-corrected chi connectivity index (χ2v) is 12.1. The molecule has 0 radical (unpaired) electrons. The Labute approximate surface area is 181 Å². The molecule has 6 atom stereocenters. The van der Waals surface area contributed by atoms with Gasteiger partial charge in [0, 0.05) is 0 Å². The minimum absolute atomic E-state index is 0.436. The summed E-state index contributed by atoms with van der Waals surface area (Å²) in [6, 6.07) is 0. The Bertz CT molecular complexity index is 706. The third-order valence-electron chi connectivity index (χ3n) is 10.2. The van der Waals surface area contributed by atoms with E-state index in [1.54, 1.807) is 5.57 Å². The zero-order chi connectivity index (χ0) is 21.0. The first kappa shape index (κ1) is 21.5. The maximum absolute atomic E-state index is 4.77. The van der Waals surface area contributed by atoms with E-state index in [1.165, 1.54) is 81.8 Å². The Morgan fingerprint density at radius 1 is 1.14 bits per heavy atom. The normalized spacial score (nSPS) is 41.9. The lowest BCUT2D eigenvalue weighted by atomic mass is 9.48. The predicted octanol–water partition coefficient (Wildman–Crippen LogP) is 8.89. The smallest absolute Gasteiger partial charge is 0.00445 e. The molecular weight excluding hydrogens is 348 g/mol. The molecule has 0 spiro atoms. The van der Waals surface area contributed by atoms with Crippen LogP contribution in [-0.4, -0.2) is 0 Å². The van der Waals surface area contributed by atoms with Crippen molar-refractivity contribution in [2.24, 2.45) is 40.4 Å². The highest BCUT2D eigenvalue weighted by molar-refractivity contribution is 5.48. The van der Waals surface area contributed by atoms with Crippen molar-refractivity contribution in [1.82, 2.24) is 0 Å². The lowest BCUT2D eigenvalue weighted by molar-refractivity contribution is 0.0831. The van der Waals surface area contributed by atoms with E-state index in [-0.39, 0.29) is 0 Å². The number of hydrogen-bond acceptors (Lipinski definition) is 0. The second kappa shape index (κ2) is 7.72. The molecule has 0 heterocycles. The Balaban J connectivity index is 1.59. The SMILES string of the molecule is C=C1CC2(C)C(CCCC(=C)C(C)C)CCC2C2=C1C1(C)CCCCC1CC2C. The molecule has 4 rings (SSSR count). The second-order valence-electron chi connectivity index (χ2n) is 12.1. The molecule has 2 fully saturated rings. The van der Waals surface area contributed by atoms with Gasteiger partial charge >= 0.3 is 0 Å². The Morgan fingerprint density at radius 3 is 2.62 bits per heavy atom. The van der Waals surface area contributed by atoms with Gasteiger partial charge in [-0.3, -0.25) is 0 Å². The van der Waals surface area contributed by atoms with Crippen molar-refractivity contribution in [2.45, 2.75) is 105 Å². The first-order valence-corrected chi connectivity index (χ1v) is 12.8. The molecule has 29 heavy (non-hydrogen) atoms. The van der Waals surface area contributed by atoms with E-state index in [1.807, 2.05) is 5.57 Å².